The van der Waals surface area contributed by atoms with Crippen LogP contribution in [0.4, 0.5) is 5.82 Å². The third-order valence-electron chi connectivity index (χ3n) is 7.70. The maximum absolute atomic E-state index is 11.9. The lowest BCUT2D eigenvalue weighted by atomic mass is 9.97. The second-order valence-corrected chi connectivity index (χ2v) is 10.7. The van der Waals surface area contributed by atoms with Crippen molar-refractivity contribution in [2.45, 2.75) is 52.4 Å². The molecule has 1 aromatic heterocycles. The van der Waals surface area contributed by atoms with E-state index >= 15 is 0 Å². The molecule has 5 rings (SSSR count). The average Bonchev–Trinajstić information content (AvgIpc) is 3.54. The van der Waals surface area contributed by atoms with E-state index in [1.54, 1.807) is 13.0 Å². The fourth-order valence-corrected chi connectivity index (χ4v) is 5.56. The van der Waals surface area contributed by atoms with Crippen molar-refractivity contribution in [3.05, 3.63) is 93.2 Å². The molecule has 1 atom stereocenters. The van der Waals surface area contributed by atoms with Crippen LogP contribution in [0.25, 0.3) is 11.3 Å². The molecule has 2 aliphatic rings. The average molecular weight is 584 g/mol. The van der Waals surface area contributed by atoms with Crippen molar-refractivity contribution in [2.75, 3.05) is 31.6 Å². The SMILES string of the molecule is CCO/C(Nc1cccc(-c2cccc(C)c2OCc2ccc3c(c2)CCN(CC2CCCO2)C3)n1)=C(/C=N)C(=O)N=O. The van der Waals surface area contributed by atoms with Gasteiger partial charge < -0.3 is 24.9 Å². The zero-order valence-electron chi connectivity index (χ0n) is 24.6. The molecule has 1 saturated heterocycles. The van der Waals surface area contributed by atoms with Crippen LogP contribution in [0.3, 0.4) is 0 Å². The van der Waals surface area contributed by atoms with Crippen LogP contribution in [-0.4, -0.2) is 54.4 Å². The quantitative estimate of drug-likeness (QED) is 0.119. The van der Waals surface area contributed by atoms with Crippen molar-refractivity contribution in [3.63, 3.8) is 0 Å². The van der Waals surface area contributed by atoms with Gasteiger partial charge in [0.2, 0.25) is 5.88 Å². The van der Waals surface area contributed by atoms with Crippen LogP contribution < -0.4 is 10.1 Å². The van der Waals surface area contributed by atoms with E-state index in [0.29, 0.717) is 24.2 Å². The Kier molecular flexibility index (Phi) is 9.91. The van der Waals surface area contributed by atoms with Crippen molar-refractivity contribution in [2.24, 2.45) is 5.18 Å². The monoisotopic (exact) mass is 583 g/mol. The van der Waals surface area contributed by atoms with Crippen molar-refractivity contribution in [1.82, 2.24) is 9.88 Å². The molecule has 2 aliphatic heterocycles. The Morgan fingerprint density at radius 3 is 2.84 bits per heavy atom. The number of carbonyl (C=O) groups excluding carboxylic acids is 1. The van der Waals surface area contributed by atoms with Crippen molar-refractivity contribution < 1.29 is 19.0 Å². The number of hydrogen-bond donors (Lipinski definition) is 2. The first-order chi connectivity index (χ1) is 21.0. The number of nitrogens with one attached hydrogen (secondary N) is 2. The van der Waals surface area contributed by atoms with E-state index in [-0.39, 0.29) is 18.1 Å². The highest BCUT2D eigenvalue weighted by atomic mass is 16.5. The van der Waals surface area contributed by atoms with Gasteiger partial charge in [0.05, 0.1) is 18.4 Å². The van der Waals surface area contributed by atoms with Crippen LogP contribution in [0, 0.1) is 17.2 Å². The lowest BCUT2D eigenvalue weighted by Crippen LogP contribution is -2.36. The topological polar surface area (TPSA) is 126 Å². The minimum atomic E-state index is -1.10. The highest BCUT2D eigenvalue weighted by Gasteiger charge is 2.23. The lowest BCUT2D eigenvalue weighted by molar-refractivity contribution is -0.114. The number of para-hydroxylation sites is 1. The molecule has 1 fully saturated rings. The molecule has 1 unspecified atom stereocenters. The highest BCUT2D eigenvalue weighted by Crippen LogP contribution is 2.34. The maximum Gasteiger partial charge on any atom is 0.323 e. The Labute approximate surface area is 251 Å². The minimum absolute atomic E-state index is 0.0603. The van der Waals surface area contributed by atoms with E-state index in [1.165, 1.54) is 17.5 Å². The zero-order valence-corrected chi connectivity index (χ0v) is 24.6. The molecule has 224 valence electrons. The molecule has 0 bridgehead atoms. The maximum atomic E-state index is 11.9. The molecule has 2 aromatic carbocycles. The normalized spacial score (nSPS) is 17.0. The number of nitroso groups, excluding NO2 is 1. The van der Waals surface area contributed by atoms with Crippen LogP contribution in [0.1, 0.15) is 42.0 Å². The minimum Gasteiger partial charge on any atom is -0.488 e. The summed E-state index contributed by atoms with van der Waals surface area (Å²) >= 11 is 0. The molecule has 3 heterocycles. The second kappa shape index (κ2) is 14.2. The summed E-state index contributed by atoms with van der Waals surface area (Å²) in [4.78, 5) is 29.9. The number of pyridine rings is 1. The molecule has 0 aliphatic carbocycles. The summed E-state index contributed by atoms with van der Waals surface area (Å²) in [5, 5.41) is 12.9. The van der Waals surface area contributed by atoms with Gasteiger partial charge >= 0.3 is 5.91 Å². The number of rotatable bonds is 12. The van der Waals surface area contributed by atoms with Gasteiger partial charge in [0, 0.05) is 43.2 Å². The van der Waals surface area contributed by atoms with Crippen molar-refractivity contribution in [3.8, 4) is 17.0 Å². The Morgan fingerprint density at radius 2 is 2.07 bits per heavy atom. The standard InChI is InChI=1S/C33H37N5O5/c1-3-41-33(28(18-34)32(39)37-40)36-30-11-5-10-29(35-30)27-9-4-7-22(2)31(27)43-21-23-12-13-25-19-38(15-14-24(25)17-23)20-26-8-6-16-42-26/h4-5,7,9-13,17-18,26,34H,3,6,8,14-16,19-21H2,1-2H3,(H,35,36)/b33-28-,34-18?. The largest absolute Gasteiger partial charge is 0.488 e. The number of amides is 1. The summed E-state index contributed by atoms with van der Waals surface area (Å²) in [6.07, 6.45) is 4.45. The van der Waals surface area contributed by atoms with E-state index < -0.39 is 5.91 Å². The molecule has 10 heteroatoms. The number of anilines is 1. The van der Waals surface area contributed by atoms with Crippen molar-refractivity contribution >= 4 is 17.9 Å². The van der Waals surface area contributed by atoms with Gasteiger partial charge in [0.15, 0.2) is 0 Å². The van der Waals surface area contributed by atoms with E-state index in [4.69, 9.17) is 24.6 Å². The number of aromatic nitrogens is 1. The van der Waals surface area contributed by atoms with Crippen LogP contribution in [0.2, 0.25) is 0 Å². The first-order valence-electron chi connectivity index (χ1n) is 14.7. The van der Waals surface area contributed by atoms with Gasteiger partial charge in [0.25, 0.3) is 0 Å². The molecule has 10 nitrogen and oxygen atoms in total. The second-order valence-electron chi connectivity index (χ2n) is 10.7. The Bertz CT molecular complexity index is 1520. The van der Waals surface area contributed by atoms with Crippen LogP contribution in [0.15, 0.2) is 71.2 Å². The highest BCUT2D eigenvalue weighted by molar-refractivity contribution is 6.12. The fourth-order valence-electron chi connectivity index (χ4n) is 5.56. The first-order valence-corrected chi connectivity index (χ1v) is 14.7. The van der Waals surface area contributed by atoms with Crippen LogP contribution in [0.5, 0.6) is 5.75 Å². The number of aryl methyl sites for hydroxylation is 1. The molecule has 3 aromatic rings. The predicted octanol–water partition coefficient (Wildman–Crippen LogP) is 5.78. The van der Waals surface area contributed by atoms with E-state index in [0.717, 1.165) is 67.7 Å². The number of benzene rings is 2. The van der Waals surface area contributed by atoms with E-state index in [2.05, 4.69) is 33.6 Å². The molecule has 2 N–H and O–H groups in total. The van der Waals surface area contributed by atoms with E-state index in [9.17, 15) is 9.70 Å². The first kappa shape index (κ1) is 30.1. The summed E-state index contributed by atoms with van der Waals surface area (Å²) in [7, 11) is 0. The number of fused-ring (bicyclic) bond motifs is 1. The smallest absolute Gasteiger partial charge is 0.323 e. The van der Waals surface area contributed by atoms with Crippen molar-refractivity contribution in [1.29, 1.82) is 5.41 Å². The Balaban J connectivity index is 1.31. The Hall–Kier alpha value is -4.41. The fraction of sp³-hybridized carbons (Fsp3) is 0.364. The van der Waals surface area contributed by atoms with Gasteiger partial charge in [-0.05, 0) is 73.6 Å². The van der Waals surface area contributed by atoms with Crippen LogP contribution >= 0.6 is 0 Å². The number of nitrogens with zero attached hydrogens (tertiary/aromatic N) is 3. The van der Waals surface area contributed by atoms with Gasteiger partial charge in [-0.3, -0.25) is 9.69 Å². The zero-order chi connectivity index (χ0) is 30.2. The Morgan fingerprint density at radius 1 is 1.21 bits per heavy atom. The van der Waals surface area contributed by atoms with Gasteiger partial charge in [-0.2, -0.15) is 0 Å². The summed E-state index contributed by atoms with van der Waals surface area (Å²) in [5.74, 6) is -0.0621. The van der Waals surface area contributed by atoms with Gasteiger partial charge in [-0.15, -0.1) is 4.91 Å². The molecule has 0 saturated carbocycles. The molecule has 0 spiro atoms. The van der Waals surface area contributed by atoms with Gasteiger partial charge in [0.1, 0.15) is 23.7 Å². The lowest BCUT2D eigenvalue weighted by Gasteiger charge is -2.30. The molecular formula is C33H37N5O5. The van der Waals surface area contributed by atoms with Gasteiger partial charge in [-0.1, -0.05) is 36.4 Å². The molecular weight excluding hydrogens is 546 g/mol. The summed E-state index contributed by atoms with van der Waals surface area (Å²) < 4.78 is 17.8. The third-order valence-corrected chi connectivity index (χ3v) is 7.70. The molecule has 1 amide bonds. The summed E-state index contributed by atoms with van der Waals surface area (Å²) in [5.41, 5.74) is 6.01. The summed E-state index contributed by atoms with van der Waals surface area (Å²) in [6, 6.07) is 17.9. The van der Waals surface area contributed by atoms with Crippen LogP contribution in [-0.2, 0) is 33.8 Å². The van der Waals surface area contributed by atoms with Gasteiger partial charge in [-0.25, -0.2) is 4.98 Å². The number of hydrogen-bond acceptors (Lipinski definition) is 9. The number of carbonyl (C=O) groups is 1. The van der Waals surface area contributed by atoms with E-state index in [1.807, 2.05) is 37.3 Å². The molecule has 43 heavy (non-hydrogen) atoms. The molecule has 0 radical (unpaired) electrons. The summed E-state index contributed by atoms with van der Waals surface area (Å²) in [6.45, 7) is 8.24. The third kappa shape index (κ3) is 7.33. The predicted molar refractivity (Wildman–Crippen MR) is 165 cm³/mol. The number of ether oxygens (including phenoxy) is 3.